The fraction of sp³-hybridized carbons (Fsp3) is 0.412. The zero-order valence-electron chi connectivity index (χ0n) is 13.2. The molecular weight excluding hydrogens is 283 g/mol. The van der Waals surface area contributed by atoms with E-state index in [-0.39, 0.29) is 18.1 Å². The zero-order valence-corrected chi connectivity index (χ0v) is 13.2. The van der Waals surface area contributed by atoms with E-state index in [1.807, 2.05) is 6.92 Å². The van der Waals surface area contributed by atoms with Gasteiger partial charge in [0.1, 0.15) is 11.6 Å². The molecule has 0 fully saturated rings. The first kappa shape index (κ1) is 16.2. The lowest BCUT2D eigenvalue weighted by Gasteiger charge is -2.15. The van der Waals surface area contributed by atoms with Crippen LogP contribution in [0.1, 0.15) is 31.2 Å². The van der Waals surface area contributed by atoms with Crippen molar-refractivity contribution < 1.29 is 13.6 Å². The number of hydrogen-bond acceptors (Lipinski definition) is 3. The number of aromatic nitrogens is 1. The summed E-state index contributed by atoms with van der Waals surface area (Å²) in [6.07, 6.45) is 2.23. The molecule has 1 amide bonds. The number of benzene rings is 1. The summed E-state index contributed by atoms with van der Waals surface area (Å²) in [6.45, 7) is 4.65. The number of aryl methyl sites for hydroxylation is 1. The van der Waals surface area contributed by atoms with E-state index in [2.05, 4.69) is 11.9 Å². The molecule has 2 rings (SSSR count). The number of halogens is 1. The molecule has 0 aliphatic carbocycles. The number of carbonyl (C=O) groups is 1. The van der Waals surface area contributed by atoms with E-state index in [0.717, 1.165) is 19.4 Å². The van der Waals surface area contributed by atoms with Crippen molar-refractivity contribution in [3.05, 3.63) is 41.5 Å². The van der Waals surface area contributed by atoms with Crippen LogP contribution in [0.4, 0.5) is 4.39 Å². The summed E-state index contributed by atoms with van der Waals surface area (Å²) in [5.41, 5.74) is 1.39. The van der Waals surface area contributed by atoms with Crippen LogP contribution in [0.5, 0.6) is 0 Å². The minimum atomic E-state index is -0.306. The van der Waals surface area contributed by atoms with Gasteiger partial charge >= 0.3 is 0 Å². The van der Waals surface area contributed by atoms with Crippen molar-refractivity contribution in [1.29, 1.82) is 0 Å². The second kappa shape index (κ2) is 7.20. The molecule has 0 aliphatic heterocycles. The van der Waals surface area contributed by atoms with Crippen LogP contribution in [0.15, 0.2) is 28.7 Å². The maximum absolute atomic E-state index is 12.9. The Bertz CT molecular complexity index is 635. The third kappa shape index (κ3) is 3.93. The Morgan fingerprint density at radius 2 is 2.00 bits per heavy atom. The van der Waals surface area contributed by atoms with Crippen molar-refractivity contribution in [2.75, 3.05) is 13.6 Å². The molecule has 0 saturated carbocycles. The molecule has 1 heterocycles. The Morgan fingerprint density at radius 3 is 2.64 bits per heavy atom. The van der Waals surface area contributed by atoms with E-state index in [1.54, 1.807) is 24.1 Å². The Kier molecular flexibility index (Phi) is 5.31. The third-order valence-corrected chi connectivity index (χ3v) is 3.57. The maximum atomic E-state index is 12.9. The van der Waals surface area contributed by atoms with Gasteiger partial charge in [-0.3, -0.25) is 4.79 Å². The van der Waals surface area contributed by atoms with Crippen LogP contribution in [0, 0.1) is 12.7 Å². The maximum Gasteiger partial charge on any atom is 0.230 e. The van der Waals surface area contributed by atoms with Gasteiger partial charge in [0.15, 0.2) is 0 Å². The summed E-state index contributed by atoms with van der Waals surface area (Å²) >= 11 is 0. The van der Waals surface area contributed by atoms with Crippen molar-refractivity contribution >= 4 is 5.91 Å². The number of rotatable bonds is 6. The van der Waals surface area contributed by atoms with Crippen molar-refractivity contribution in [2.24, 2.45) is 0 Å². The lowest BCUT2D eigenvalue weighted by atomic mass is 10.2. The Labute approximate surface area is 130 Å². The van der Waals surface area contributed by atoms with Gasteiger partial charge in [0, 0.05) is 19.2 Å². The predicted molar refractivity (Wildman–Crippen MR) is 82.9 cm³/mol. The first-order valence-electron chi connectivity index (χ1n) is 7.47. The topological polar surface area (TPSA) is 46.3 Å². The molecule has 118 valence electrons. The molecular formula is C17H21FN2O2. The second-order valence-corrected chi connectivity index (χ2v) is 5.38. The summed E-state index contributed by atoms with van der Waals surface area (Å²) in [5, 5.41) is 0. The highest BCUT2D eigenvalue weighted by Gasteiger charge is 2.17. The lowest BCUT2D eigenvalue weighted by molar-refractivity contribution is -0.129. The van der Waals surface area contributed by atoms with E-state index in [1.165, 1.54) is 12.1 Å². The molecule has 22 heavy (non-hydrogen) atoms. The van der Waals surface area contributed by atoms with Gasteiger partial charge in [0.2, 0.25) is 11.8 Å². The van der Waals surface area contributed by atoms with Gasteiger partial charge in [-0.2, -0.15) is 0 Å². The number of unbranched alkanes of at least 4 members (excludes halogenated alkanes) is 1. The van der Waals surface area contributed by atoms with Gasteiger partial charge in [-0.25, -0.2) is 9.37 Å². The van der Waals surface area contributed by atoms with Gasteiger partial charge in [0.25, 0.3) is 0 Å². The van der Waals surface area contributed by atoms with E-state index in [0.29, 0.717) is 22.9 Å². The molecule has 0 bridgehead atoms. The van der Waals surface area contributed by atoms with Gasteiger partial charge in [0.05, 0.1) is 12.1 Å². The number of oxazole rings is 1. The fourth-order valence-corrected chi connectivity index (χ4v) is 2.10. The van der Waals surface area contributed by atoms with Crippen LogP contribution >= 0.6 is 0 Å². The van der Waals surface area contributed by atoms with E-state index >= 15 is 0 Å². The molecule has 0 N–H and O–H groups in total. The highest BCUT2D eigenvalue weighted by Crippen LogP contribution is 2.22. The summed E-state index contributed by atoms with van der Waals surface area (Å²) in [5.74, 6) is 0.683. The summed E-state index contributed by atoms with van der Waals surface area (Å²) in [4.78, 5) is 18.2. The third-order valence-electron chi connectivity index (χ3n) is 3.57. The number of carbonyl (C=O) groups excluding carboxylic acids is 1. The fourth-order valence-electron chi connectivity index (χ4n) is 2.10. The van der Waals surface area contributed by atoms with Crippen molar-refractivity contribution in [2.45, 2.75) is 33.1 Å². The summed E-state index contributed by atoms with van der Waals surface area (Å²) < 4.78 is 18.6. The van der Waals surface area contributed by atoms with Gasteiger partial charge in [-0.15, -0.1) is 0 Å². The zero-order chi connectivity index (χ0) is 16.1. The molecule has 0 radical (unpaired) electrons. The van der Waals surface area contributed by atoms with Crippen molar-refractivity contribution in [1.82, 2.24) is 9.88 Å². The highest BCUT2D eigenvalue weighted by atomic mass is 19.1. The normalized spacial score (nSPS) is 10.7. The first-order valence-corrected chi connectivity index (χ1v) is 7.47. The number of likely N-dealkylation sites (N-methyl/N-ethyl adjacent to an activating group) is 1. The lowest BCUT2D eigenvalue weighted by Crippen LogP contribution is -2.29. The number of hydrogen-bond donors (Lipinski definition) is 0. The molecule has 2 aromatic rings. The van der Waals surface area contributed by atoms with Crippen LogP contribution in [0.3, 0.4) is 0 Å². The SMILES string of the molecule is CCCCN(C)C(=O)Cc1oc(-c2ccc(F)cc2)nc1C. The number of nitrogens with zero attached hydrogens (tertiary/aromatic N) is 2. The second-order valence-electron chi connectivity index (χ2n) is 5.38. The highest BCUT2D eigenvalue weighted by molar-refractivity contribution is 5.78. The Hall–Kier alpha value is -2.17. The molecule has 1 aromatic carbocycles. The minimum absolute atomic E-state index is 0.0124. The van der Waals surface area contributed by atoms with E-state index in [4.69, 9.17) is 4.42 Å². The smallest absolute Gasteiger partial charge is 0.230 e. The molecule has 0 unspecified atom stereocenters. The molecule has 1 aromatic heterocycles. The van der Waals surface area contributed by atoms with Crippen LogP contribution in [-0.4, -0.2) is 29.4 Å². The summed E-state index contributed by atoms with van der Waals surface area (Å²) in [7, 11) is 1.80. The quantitative estimate of drug-likeness (QED) is 0.819. The Balaban J connectivity index is 2.10. The Morgan fingerprint density at radius 1 is 1.32 bits per heavy atom. The van der Waals surface area contributed by atoms with Crippen LogP contribution in [0.2, 0.25) is 0 Å². The standard InChI is InChI=1S/C17H21FN2O2/c1-4-5-10-20(3)16(21)11-15-12(2)19-17(22-15)13-6-8-14(18)9-7-13/h6-9H,4-5,10-11H2,1-3H3. The van der Waals surface area contributed by atoms with Crippen LogP contribution in [0.25, 0.3) is 11.5 Å². The molecule has 0 atom stereocenters. The van der Waals surface area contributed by atoms with Gasteiger partial charge in [-0.05, 0) is 37.6 Å². The van der Waals surface area contributed by atoms with Gasteiger partial charge in [-0.1, -0.05) is 13.3 Å². The minimum Gasteiger partial charge on any atom is -0.440 e. The monoisotopic (exact) mass is 304 g/mol. The molecule has 0 saturated heterocycles. The average Bonchev–Trinajstić information content (AvgIpc) is 2.86. The van der Waals surface area contributed by atoms with Crippen LogP contribution in [-0.2, 0) is 11.2 Å². The number of amides is 1. The van der Waals surface area contributed by atoms with Crippen molar-refractivity contribution in [3.63, 3.8) is 0 Å². The predicted octanol–water partition coefficient (Wildman–Crippen LogP) is 3.59. The molecule has 0 aliphatic rings. The molecule has 0 spiro atoms. The van der Waals surface area contributed by atoms with Gasteiger partial charge < -0.3 is 9.32 Å². The molecule has 5 heteroatoms. The van der Waals surface area contributed by atoms with E-state index in [9.17, 15) is 9.18 Å². The molecule has 4 nitrogen and oxygen atoms in total. The average molecular weight is 304 g/mol. The van der Waals surface area contributed by atoms with Crippen LogP contribution < -0.4 is 0 Å². The summed E-state index contributed by atoms with van der Waals surface area (Å²) in [6, 6.07) is 5.94. The van der Waals surface area contributed by atoms with Crippen molar-refractivity contribution in [3.8, 4) is 11.5 Å². The van der Waals surface area contributed by atoms with E-state index < -0.39 is 0 Å². The first-order chi connectivity index (χ1) is 10.5. The largest absolute Gasteiger partial charge is 0.440 e.